The van der Waals surface area contributed by atoms with Crippen LogP contribution in [0, 0.1) is 0 Å². The molecule has 4 heteroatoms. The van der Waals surface area contributed by atoms with E-state index >= 15 is 0 Å². The Morgan fingerprint density at radius 1 is 1.05 bits per heavy atom. The normalized spacial score (nSPS) is 10.5. The van der Waals surface area contributed by atoms with Crippen LogP contribution >= 0.6 is 0 Å². The van der Waals surface area contributed by atoms with Crippen LogP contribution in [0.5, 0.6) is 17.2 Å². The van der Waals surface area contributed by atoms with Crippen LogP contribution in [0.15, 0.2) is 12.1 Å². The molecule has 1 aromatic rings. The van der Waals surface area contributed by atoms with Crippen LogP contribution in [0.4, 0.5) is 0 Å². The molecule has 4 nitrogen and oxygen atoms in total. The Labute approximate surface area is 120 Å². The number of phenols is 2. The molecule has 0 spiro atoms. The molecule has 112 valence electrons. The Morgan fingerprint density at radius 3 is 2.20 bits per heavy atom. The fraction of sp³-hybridized carbons (Fsp3) is 0.562. The summed E-state index contributed by atoms with van der Waals surface area (Å²) in [5, 5.41) is 19.8. The third-order valence-electron chi connectivity index (χ3n) is 3.12. The first-order valence-corrected chi connectivity index (χ1v) is 7.32. The number of benzene rings is 1. The zero-order chi connectivity index (χ0) is 15.0. The number of rotatable bonds is 9. The Balaban J connectivity index is 2.75. The molecule has 0 bridgehead atoms. The van der Waals surface area contributed by atoms with Crippen LogP contribution in [0.2, 0.25) is 0 Å². The molecule has 0 aromatic heterocycles. The van der Waals surface area contributed by atoms with Crippen molar-refractivity contribution in [3.63, 3.8) is 0 Å². The minimum Gasteiger partial charge on any atom is -0.507 e. The van der Waals surface area contributed by atoms with E-state index in [0.717, 1.165) is 32.1 Å². The standard InChI is InChI=1S/C16H24O4/c1-3-5-7-8-13(17)16-14(18)10-12(11-15(16)19)20-9-6-4-2/h10-11,18-19H,3-9H2,1-2H3. The van der Waals surface area contributed by atoms with Gasteiger partial charge in [-0.15, -0.1) is 0 Å². The third kappa shape index (κ3) is 4.76. The lowest BCUT2D eigenvalue weighted by atomic mass is 10.0. The molecule has 0 atom stereocenters. The molecule has 20 heavy (non-hydrogen) atoms. The Hall–Kier alpha value is -1.71. The predicted octanol–water partition coefficient (Wildman–Crippen LogP) is 4.04. The average molecular weight is 280 g/mol. The summed E-state index contributed by atoms with van der Waals surface area (Å²) in [7, 11) is 0. The molecule has 0 fully saturated rings. The van der Waals surface area contributed by atoms with Gasteiger partial charge in [0, 0.05) is 18.6 Å². The number of ether oxygens (including phenoxy) is 1. The SMILES string of the molecule is CCCCCC(=O)c1c(O)cc(OCCCC)cc1O. The quantitative estimate of drug-likeness (QED) is 0.529. The number of hydrogen-bond acceptors (Lipinski definition) is 4. The van der Waals surface area contributed by atoms with Gasteiger partial charge in [-0.1, -0.05) is 33.1 Å². The molecule has 0 aliphatic heterocycles. The van der Waals surface area contributed by atoms with Gasteiger partial charge in [0.25, 0.3) is 0 Å². The van der Waals surface area contributed by atoms with Gasteiger partial charge < -0.3 is 14.9 Å². The highest BCUT2D eigenvalue weighted by molar-refractivity contribution is 6.01. The van der Waals surface area contributed by atoms with Crippen LogP contribution < -0.4 is 4.74 Å². The van der Waals surface area contributed by atoms with Crippen molar-refractivity contribution < 1.29 is 19.7 Å². The van der Waals surface area contributed by atoms with Crippen LogP contribution in [0.3, 0.4) is 0 Å². The van der Waals surface area contributed by atoms with Crippen molar-refractivity contribution in [2.75, 3.05) is 6.61 Å². The fourth-order valence-corrected chi connectivity index (χ4v) is 1.95. The summed E-state index contributed by atoms with van der Waals surface area (Å²) in [4.78, 5) is 12.0. The maximum atomic E-state index is 12.0. The van der Waals surface area contributed by atoms with Crippen molar-refractivity contribution in [1.29, 1.82) is 0 Å². The van der Waals surface area contributed by atoms with Crippen LogP contribution in [-0.2, 0) is 0 Å². The maximum absolute atomic E-state index is 12.0. The number of carbonyl (C=O) groups excluding carboxylic acids is 1. The van der Waals surface area contributed by atoms with Crippen LogP contribution in [-0.4, -0.2) is 22.6 Å². The maximum Gasteiger partial charge on any atom is 0.170 e. The highest BCUT2D eigenvalue weighted by Crippen LogP contribution is 2.33. The van der Waals surface area contributed by atoms with Crippen LogP contribution in [0.1, 0.15) is 62.7 Å². The molecule has 0 saturated carbocycles. The van der Waals surface area contributed by atoms with E-state index in [1.165, 1.54) is 12.1 Å². The Bertz CT molecular complexity index is 417. The van der Waals surface area contributed by atoms with Gasteiger partial charge in [0.1, 0.15) is 22.8 Å². The summed E-state index contributed by atoms with van der Waals surface area (Å²) in [5.41, 5.74) is 0.00365. The molecule has 0 saturated heterocycles. The molecule has 0 unspecified atom stereocenters. The summed E-state index contributed by atoms with van der Waals surface area (Å²) in [6.45, 7) is 4.64. The zero-order valence-corrected chi connectivity index (χ0v) is 12.3. The van der Waals surface area contributed by atoms with Crippen molar-refractivity contribution in [2.45, 2.75) is 52.4 Å². The molecular weight excluding hydrogens is 256 g/mol. The second-order valence-electron chi connectivity index (χ2n) is 4.92. The monoisotopic (exact) mass is 280 g/mol. The number of carbonyl (C=O) groups is 1. The molecule has 0 aliphatic carbocycles. The van der Waals surface area contributed by atoms with E-state index in [1.54, 1.807) is 0 Å². The number of aromatic hydroxyl groups is 2. The highest BCUT2D eigenvalue weighted by atomic mass is 16.5. The number of hydrogen-bond donors (Lipinski definition) is 2. The molecule has 2 N–H and O–H groups in total. The van der Waals surface area contributed by atoms with E-state index in [4.69, 9.17) is 4.74 Å². The molecule has 1 aromatic carbocycles. The van der Waals surface area contributed by atoms with Gasteiger partial charge in [-0.25, -0.2) is 0 Å². The highest BCUT2D eigenvalue weighted by Gasteiger charge is 2.17. The summed E-state index contributed by atoms with van der Waals surface area (Å²) >= 11 is 0. The second kappa shape index (κ2) is 8.46. The van der Waals surface area contributed by atoms with Crippen molar-refractivity contribution in [3.05, 3.63) is 17.7 Å². The van der Waals surface area contributed by atoms with E-state index in [0.29, 0.717) is 18.8 Å². The Kier molecular flexibility index (Phi) is 6.91. The van der Waals surface area contributed by atoms with Gasteiger partial charge in [-0.05, 0) is 12.8 Å². The molecular formula is C16H24O4. The summed E-state index contributed by atoms with van der Waals surface area (Å²) < 4.78 is 5.41. The van der Waals surface area contributed by atoms with Crippen molar-refractivity contribution in [1.82, 2.24) is 0 Å². The topological polar surface area (TPSA) is 66.8 Å². The van der Waals surface area contributed by atoms with Gasteiger partial charge in [0.15, 0.2) is 5.78 Å². The van der Waals surface area contributed by atoms with E-state index in [2.05, 4.69) is 13.8 Å². The molecule has 1 rings (SSSR count). The lowest BCUT2D eigenvalue weighted by Gasteiger charge is -2.10. The lowest BCUT2D eigenvalue weighted by molar-refractivity contribution is 0.0974. The minimum atomic E-state index is -0.228. The van der Waals surface area contributed by atoms with Crippen molar-refractivity contribution in [2.24, 2.45) is 0 Å². The van der Waals surface area contributed by atoms with Crippen molar-refractivity contribution >= 4 is 5.78 Å². The first-order valence-electron chi connectivity index (χ1n) is 7.32. The minimum absolute atomic E-state index is 0.00365. The largest absolute Gasteiger partial charge is 0.507 e. The zero-order valence-electron chi connectivity index (χ0n) is 12.3. The van der Waals surface area contributed by atoms with E-state index in [1.807, 2.05) is 0 Å². The number of phenolic OH excluding ortho intramolecular Hbond substituents is 2. The van der Waals surface area contributed by atoms with Gasteiger partial charge in [0.05, 0.1) is 6.61 Å². The van der Waals surface area contributed by atoms with E-state index in [-0.39, 0.29) is 22.8 Å². The molecule has 0 radical (unpaired) electrons. The first-order chi connectivity index (χ1) is 9.60. The van der Waals surface area contributed by atoms with Gasteiger partial charge >= 0.3 is 0 Å². The first kappa shape index (κ1) is 16.3. The van der Waals surface area contributed by atoms with Crippen molar-refractivity contribution in [3.8, 4) is 17.2 Å². The summed E-state index contributed by atoms with van der Waals surface area (Å²) in [6.07, 6.45) is 5.00. The molecule has 0 aliphatic rings. The fourth-order valence-electron chi connectivity index (χ4n) is 1.95. The number of ketones is 1. The third-order valence-corrected chi connectivity index (χ3v) is 3.12. The summed E-state index contributed by atoms with van der Waals surface area (Å²) in [5.74, 6) is -0.261. The summed E-state index contributed by atoms with van der Waals surface area (Å²) in [6, 6.07) is 2.78. The smallest absolute Gasteiger partial charge is 0.170 e. The second-order valence-corrected chi connectivity index (χ2v) is 4.92. The van der Waals surface area contributed by atoms with Gasteiger partial charge in [0.2, 0.25) is 0 Å². The molecule has 0 amide bonds. The van der Waals surface area contributed by atoms with E-state index in [9.17, 15) is 15.0 Å². The Morgan fingerprint density at radius 2 is 1.65 bits per heavy atom. The van der Waals surface area contributed by atoms with Gasteiger partial charge in [-0.2, -0.15) is 0 Å². The number of Topliss-reactive ketones (excluding diaryl/α,β-unsaturated/α-hetero) is 1. The molecule has 0 heterocycles. The predicted molar refractivity (Wildman–Crippen MR) is 78.6 cm³/mol. The van der Waals surface area contributed by atoms with E-state index < -0.39 is 0 Å². The van der Waals surface area contributed by atoms with Gasteiger partial charge in [-0.3, -0.25) is 4.79 Å². The average Bonchev–Trinajstić information content (AvgIpc) is 2.38. The lowest BCUT2D eigenvalue weighted by Crippen LogP contribution is -2.02. The van der Waals surface area contributed by atoms with Crippen LogP contribution in [0.25, 0.3) is 0 Å². The number of unbranched alkanes of at least 4 members (excludes halogenated alkanes) is 3.